The maximum atomic E-state index is 13.2. The third-order valence-electron chi connectivity index (χ3n) is 5.51. The predicted octanol–water partition coefficient (Wildman–Crippen LogP) is 4.04. The van der Waals surface area contributed by atoms with E-state index in [-0.39, 0.29) is 16.4 Å². The van der Waals surface area contributed by atoms with Crippen molar-refractivity contribution in [3.8, 4) is 11.4 Å². The first-order valence-corrected chi connectivity index (χ1v) is 9.98. The van der Waals surface area contributed by atoms with Crippen LogP contribution in [0.3, 0.4) is 0 Å². The van der Waals surface area contributed by atoms with Crippen LogP contribution in [-0.4, -0.2) is 21.9 Å². The highest BCUT2D eigenvalue weighted by molar-refractivity contribution is 5.75. The van der Waals surface area contributed by atoms with Gasteiger partial charge in [-0.3, -0.25) is 14.7 Å². The summed E-state index contributed by atoms with van der Waals surface area (Å²) in [7, 11) is 1.59. The van der Waals surface area contributed by atoms with Gasteiger partial charge in [0.15, 0.2) is 5.43 Å². The number of fused-ring (bicyclic) bond motifs is 1. The zero-order valence-electron chi connectivity index (χ0n) is 17.6. The minimum Gasteiger partial charge on any atom is -0.497 e. The molecule has 2 heterocycles. The Morgan fingerprint density at radius 2 is 1.67 bits per heavy atom. The molecule has 0 aliphatic rings. The number of hydrogen-bond acceptors (Lipinski definition) is 3. The number of hydrogen-bond donors (Lipinski definition) is 2. The van der Waals surface area contributed by atoms with E-state index in [1.165, 1.54) is 10.2 Å². The van der Waals surface area contributed by atoms with E-state index >= 15 is 0 Å². The molecule has 0 atom stereocenters. The predicted molar refractivity (Wildman–Crippen MR) is 119 cm³/mol. The van der Waals surface area contributed by atoms with Crippen LogP contribution < -0.4 is 15.7 Å². The van der Waals surface area contributed by atoms with Crippen molar-refractivity contribution >= 4 is 11.0 Å². The summed E-state index contributed by atoms with van der Waals surface area (Å²) in [6.07, 6.45) is 0.475. The first-order valence-electron chi connectivity index (χ1n) is 9.98. The highest BCUT2D eigenvalue weighted by Gasteiger charge is 2.17. The molecule has 6 nitrogen and oxygen atoms in total. The van der Waals surface area contributed by atoms with E-state index in [0.29, 0.717) is 35.0 Å². The molecule has 0 aliphatic carbocycles. The van der Waals surface area contributed by atoms with Gasteiger partial charge >= 0.3 is 0 Å². The summed E-state index contributed by atoms with van der Waals surface area (Å²) in [5, 5.41) is 3.16. The van der Waals surface area contributed by atoms with Crippen LogP contribution in [0.15, 0.2) is 58.1 Å². The average molecular weight is 403 g/mol. The number of H-pyrrole nitrogens is 2. The minimum atomic E-state index is -0.368. The van der Waals surface area contributed by atoms with Gasteiger partial charge in [0.05, 0.1) is 12.8 Å². The number of nitrogens with one attached hydrogen (secondary N) is 2. The van der Waals surface area contributed by atoms with Crippen molar-refractivity contribution in [2.75, 3.05) is 7.11 Å². The van der Waals surface area contributed by atoms with Gasteiger partial charge in [-0.05, 0) is 48.2 Å². The van der Waals surface area contributed by atoms with Crippen molar-refractivity contribution in [1.82, 2.24) is 14.8 Å². The number of pyridine rings is 1. The Kier molecular flexibility index (Phi) is 5.08. The molecule has 4 aromatic rings. The first-order chi connectivity index (χ1) is 14.4. The Morgan fingerprint density at radius 1 is 1.00 bits per heavy atom. The SMILES string of the molecule is COc1ccc(-n2[nH]c3[nH]c(C)c(Cc4ccc(C(C)C)cc4)c(=O)c3c2=O)cc1. The maximum absolute atomic E-state index is 13.2. The van der Waals surface area contributed by atoms with Crippen LogP contribution in [-0.2, 0) is 6.42 Å². The Balaban J connectivity index is 1.78. The van der Waals surface area contributed by atoms with Crippen LogP contribution in [0.2, 0.25) is 0 Å². The molecular formula is C24H25N3O3. The summed E-state index contributed by atoms with van der Waals surface area (Å²) in [4.78, 5) is 29.4. The second kappa shape index (κ2) is 7.71. The fraction of sp³-hybridized carbons (Fsp3) is 0.250. The van der Waals surface area contributed by atoms with Crippen molar-refractivity contribution in [3.63, 3.8) is 0 Å². The molecule has 0 saturated carbocycles. The molecule has 30 heavy (non-hydrogen) atoms. The lowest BCUT2D eigenvalue weighted by molar-refractivity contribution is 0.414. The molecule has 0 fully saturated rings. The highest BCUT2D eigenvalue weighted by atomic mass is 16.5. The van der Waals surface area contributed by atoms with E-state index in [4.69, 9.17) is 4.74 Å². The third kappa shape index (κ3) is 3.45. The smallest absolute Gasteiger partial charge is 0.284 e. The molecule has 154 valence electrons. The van der Waals surface area contributed by atoms with Gasteiger partial charge in [0.25, 0.3) is 5.56 Å². The molecule has 0 aliphatic heterocycles. The van der Waals surface area contributed by atoms with Crippen LogP contribution in [0, 0.1) is 6.92 Å². The number of aromatic amines is 2. The Morgan fingerprint density at radius 3 is 2.27 bits per heavy atom. The monoisotopic (exact) mass is 403 g/mol. The molecule has 0 spiro atoms. The zero-order chi connectivity index (χ0) is 21.4. The summed E-state index contributed by atoms with van der Waals surface area (Å²) in [6, 6.07) is 15.4. The standard InChI is InChI=1S/C24H25N3O3/c1-14(2)17-7-5-16(6-8-17)13-20-15(3)25-23-21(22(20)28)24(29)27(26-23)18-9-11-19(30-4)12-10-18/h5-12,14H,13H2,1-4H3,(H2,25,26,28). The van der Waals surface area contributed by atoms with E-state index in [1.54, 1.807) is 31.4 Å². The van der Waals surface area contributed by atoms with Crippen LogP contribution in [0.4, 0.5) is 0 Å². The van der Waals surface area contributed by atoms with Crippen LogP contribution >= 0.6 is 0 Å². The first kappa shape index (κ1) is 19.8. The number of ether oxygens (including phenoxy) is 1. The Bertz CT molecular complexity index is 1310. The summed E-state index contributed by atoms with van der Waals surface area (Å²) in [5.74, 6) is 1.15. The zero-order valence-corrected chi connectivity index (χ0v) is 17.6. The molecule has 2 N–H and O–H groups in total. The molecule has 0 bridgehead atoms. The second-order valence-corrected chi connectivity index (χ2v) is 7.83. The third-order valence-corrected chi connectivity index (χ3v) is 5.51. The van der Waals surface area contributed by atoms with Gasteiger partial charge in [-0.2, -0.15) is 0 Å². The number of aryl methyl sites for hydroxylation is 1. The van der Waals surface area contributed by atoms with Gasteiger partial charge in [0.2, 0.25) is 0 Å². The number of methoxy groups -OCH3 is 1. The maximum Gasteiger partial charge on any atom is 0.284 e. The topological polar surface area (TPSA) is 79.9 Å². The van der Waals surface area contributed by atoms with E-state index in [1.807, 2.05) is 19.1 Å². The molecule has 0 amide bonds. The fourth-order valence-electron chi connectivity index (χ4n) is 3.67. The highest BCUT2D eigenvalue weighted by Crippen LogP contribution is 2.18. The lowest BCUT2D eigenvalue weighted by atomic mass is 9.98. The summed E-state index contributed by atoms with van der Waals surface area (Å²) in [5.41, 5.74) is 4.12. The van der Waals surface area contributed by atoms with Gasteiger partial charge in [-0.25, -0.2) is 4.68 Å². The normalized spacial score (nSPS) is 11.4. The molecule has 0 unspecified atom stereocenters. The second-order valence-electron chi connectivity index (χ2n) is 7.83. The largest absolute Gasteiger partial charge is 0.497 e. The lowest BCUT2D eigenvalue weighted by Gasteiger charge is -2.08. The van der Waals surface area contributed by atoms with E-state index in [9.17, 15) is 9.59 Å². The molecule has 0 saturated heterocycles. The molecule has 2 aromatic heterocycles. The number of nitrogens with zero attached hydrogens (tertiary/aromatic N) is 1. The van der Waals surface area contributed by atoms with E-state index in [2.05, 4.69) is 36.1 Å². The Hall–Kier alpha value is -3.54. The van der Waals surface area contributed by atoms with Gasteiger partial charge in [0.1, 0.15) is 16.8 Å². The number of aromatic nitrogens is 3. The summed E-state index contributed by atoms with van der Waals surface area (Å²) >= 11 is 0. The molecule has 4 rings (SSSR count). The fourth-order valence-corrected chi connectivity index (χ4v) is 3.67. The van der Waals surface area contributed by atoms with Gasteiger partial charge in [0, 0.05) is 17.7 Å². The molecular weight excluding hydrogens is 378 g/mol. The van der Waals surface area contributed by atoms with Crippen molar-refractivity contribution in [2.24, 2.45) is 0 Å². The van der Waals surface area contributed by atoms with Crippen LogP contribution in [0.5, 0.6) is 5.75 Å². The minimum absolute atomic E-state index is 0.144. The molecule has 6 heteroatoms. The van der Waals surface area contributed by atoms with Gasteiger partial charge in [-0.1, -0.05) is 38.1 Å². The molecule has 0 radical (unpaired) electrons. The summed E-state index contributed by atoms with van der Waals surface area (Å²) < 4.78 is 6.55. The number of rotatable bonds is 5. The van der Waals surface area contributed by atoms with Gasteiger partial charge < -0.3 is 9.72 Å². The van der Waals surface area contributed by atoms with E-state index in [0.717, 1.165) is 11.3 Å². The quantitative estimate of drug-likeness (QED) is 0.528. The summed E-state index contributed by atoms with van der Waals surface area (Å²) in [6.45, 7) is 6.16. The van der Waals surface area contributed by atoms with Crippen molar-refractivity contribution < 1.29 is 4.74 Å². The van der Waals surface area contributed by atoms with Crippen LogP contribution in [0.25, 0.3) is 16.7 Å². The average Bonchev–Trinajstić information content (AvgIpc) is 3.07. The van der Waals surface area contributed by atoms with Crippen molar-refractivity contribution in [1.29, 1.82) is 0 Å². The van der Waals surface area contributed by atoms with Crippen molar-refractivity contribution in [3.05, 3.63) is 91.5 Å². The van der Waals surface area contributed by atoms with Crippen molar-refractivity contribution in [2.45, 2.75) is 33.1 Å². The van der Waals surface area contributed by atoms with Gasteiger partial charge in [-0.15, -0.1) is 0 Å². The lowest BCUT2D eigenvalue weighted by Crippen LogP contribution is -2.21. The Labute approximate surface area is 174 Å². The number of benzene rings is 2. The van der Waals surface area contributed by atoms with Crippen LogP contribution in [0.1, 0.15) is 42.1 Å². The molecule has 2 aromatic carbocycles. The van der Waals surface area contributed by atoms with E-state index < -0.39 is 0 Å².